The highest BCUT2D eigenvalue weighted by Gasteiger charge is 2.24. The van der Waals surface area contributed by atoms with Gasteiger partial charge in [-0.15, -0.1) is 23.3 Å². The second-order valence-corrected chi connectivity index (χ2v) is 9.70. The van der Waals surface area contributed by atoms with Gasteiger partial charge >= 0.3 is 5.97 Å². The second kappa shape index (κ2) is 11.8. The number of fused-ring (bicyclic) bond motifs is 1. The van der Waals surface area contributed by atoms with Crippen molar-refractivity contribution in [3.8, 4) is 12.3 Å². The van der Waals surface area contributed by atoms with E-state index in [9.17, 15) is 19.5 Å². The number of carboxylic acids is 1. The minimum atomic E-state index is -1.28. The largest absolute Gasteiger partial charge is 0.480 e. The molecule has 0 radical (unpaired) electrons. The number of carbonyl (C=O) groups excluding carboxylic acids is 1. The van der Waals surface area contributed by atoms with E-state index in [1.165, 1.54) is 24.4 Å². The number of aryl methyl sites for hydroxylation is 2. The van der Waals surface area contributed by atoms with Gasteiger partial charge in [0.2, 0.25) is 0 Å². The Labute approximate surface area is 226 Å². The number of H-pyrrole nitrogens is 2. The molecule has 200 valence electrons. The first kappa shape index (κ1) is 27.3. The van der Waals surface area contributed by atoms with Crippen LogP contribution in [0.3, 0.4) is 0 Å². The number of hydrogen-bond donors (Lipinski definition) is 4. The van der Waals surface area contributed by atoms with Crippen molar-refractivity contribution in [3.63, 3.8) is 0 Å². The lowest BCUT2D eigenvalue weighted by atomic mass is 10.0. The maximum atomic E-state index is 15.1. The monoisotopic (exact) mass is 549 g/mol. The normalized spacial score (nSPS) is 11.6. The van der Waals surface area contributed by atoms with Crippen LogP contribution in [-0.2, 0) is 11.3 Å². The first-order chi connectivity index (χ1) is 18.7. The molecule has 2 heterocycles. The summed E-state index contributed by atoms with van der Waals surface area (Å²) in [4.78, 5) is 45.6. The van der Waals surface area contributed by atoms with Gasteiger partial charge in [-0.1, -0.05) is 5.92 Å². The molecule has 0 unspecified atom stereocenters. The molecule has 4 rings (SSSR count). The van der Waals surface area contributed by atoms with Crippen molar-refractivity contribution >= 4 is 40.2 Å². The van der Waals surface area contributed by atoms with Crippen LogP contribution in [0.2, 0.25) is 0 Å². The van der Waals surface area contributed by atoms with E-state index in [4.69, 9.17) is 6.42 Å². The number of halogens is 1. The molecular formula is C26H24FN7O4S. The van der Waals surface area contributed by atoms with Crippen LogP contribution in [0.1, 0.15) is 27.3 Å². The smallest absolute Gasteiger partial charge is 0.327 e. The number of amides is 1. The highest BCUT2D eigenvalue weighted by molar-refractivity contribution is 7.99. The summed E-state index contributed by atoms with van der Waals surface area (Å²) >= 11 is 1.08. The third kappa shape index (κ3) is 6.42. The summed E-state index contributed by atoms with van der Waals surface area (Å²) in [7, 11) is 0. The lowest BCUT2D eigenvalue weighted by Crippen LogP contribution is -2.42. The van der Waals surface area contributed by atoms with E-state index >= 15 is 4.39 Å². The SMILES string of the molecule is C#CCN(Cc1cc2c(=O)[nH]c(C)nc2cc1C)c1ccc(C(=O)N[C@@H](CSc2cn[nH]n2)C(=O)O)c(F)c1. The number of benzene rings is 2. The summed E-state index contributed by atoms with van der Waals surface area (Å²) in [6.45, 7) is 3.99. The molecule has 2 aromatic carbocycles. The number of carbonyl (C=O) groups is 2. The van der Waals surface area contributed by atoms with E-state index in [2.05, 4.69) is 36.6 Å². The van der Waals surface area contributed by atoms with Gasteiger partial charge in [-0.05, 0) is 55.3 Å². The predicted molar refractivity (Wildman–Crippen MR) is 144 cm³/mol. The molecule has 0 aliphatic rings. The Kier molecular flexibility index (Phi) is 8.26. The van der Waals surface area contributed by atoms with Crippen molar-refractivity contribution in [2.24, 2.45) is 0 Å². The van der Waals surface area contributed by atoms with Crippen LogP contribution in [0.4, 0.5) is 10.1 Å². The fourth-order valence-electron chi connectivity index (χ4n) is 3.90. The Balaban J connectivity index is 1.54. The zero-order valence-electron chi connectivity index (χ0n) is 21.0. The van der Waals surface area contributed by atoms with Crippen LogP contribution in [0.15, 0.2) is 46.3 Å². The number of hydrogen-bond acceptors (Lipinski definition) is 8. The standard InChI is InChI=1S/C26H24FN7O4S/c1-4-7-34(12-16-9-19-21(8-14(16)2)29-15(3)30-25(19)36)17-5-6-18(20(27)10-17)24(35)31-22(26(37)38)13-39-23-11-28-33-32-23/h1,5-6,8-11,22H,7,12-13H2,2-3H3,(H,31,35)(H,37,38)(H,28,32,33)(H,29,30,36)/t22-/m0/s1. The van der Waals surface area contributed by atoms with E-state index in [-0.39, 0.29) is 30.0 Å². The minimum Gasteiger partial charge on any atom is -0.480 e. The van der Waals surface area contributed by atoms with E-state index in [0.717, 1.165) is 22.9 Å². The Hall–Kier alpha value is -4.70. The topological polar surface area (TPSA) is 157 Å². The van der Waals surface area contributed by atoms with Crippen LogP contribution in [-0.4, -0.2) is 60.7 Å². The Morgan fingerprint density at radius 1 is 1.28 bits per heavy atom. The zero-order valence-corrected chi connectivity index (χ0v) is 21.8. The average Bonchev–Trinajstić information content (AvgIpc) is 3.40. The molecule has 4 N–H and O–H groups in total. The second-order valence-electron chi connectivity index (χ2n) is 8.66. The Morgan fingerprint density at radius 2 is 2.08 bits per heavy atom. The molecule has 0 aliphatic carbocycles. The van der Waals surface area contributed by atoms with Crippen molar-refractivity contribution in [2.75, 3.05) is 17.2 Å². The van der Waals surface area contributed by atoms with E-state index < -0.39 is 23.7 Å². The van der Waals surface area contributed by atoms with Gasteiger partial charge < -0.3 is 20.3 Å². The van der Waals surface area contributed by atoms with E-state index in [1.807, 2.05) is 13.0 Å². The molecule has 13 heteroatoms. The summed E-state index contributed by atoms with van der Waals surface area (Å²) in [5, 5.41) is 22.6. The first-order valence-electron chi connectivity index (χ1n) is 11.7. The number of terminal acetylenes is 1. The molecule has 0 bridgehead atoms. The lowest BCUT2D eigenvalue weighted by Gasteiger charge is -2.24. The number of rotatable bonds is 10. The van der Waals surface area contributed by atoms with Gasteiger partial charge in [-0.2, -0.15) is 10.3 Å². The Morgan fingerprint density at radius 3 is 2.74 bits per heavy atom. The molecule has 0 saturated heterocycles. The number of aromatic nitrogens is 5. The van der Waals surface area contributed by atoms with Gasteiger partial charge in [0, 0.05) is 18.0 Å². The number of anilines is 1. The van der Waals surface area contributed by atoms with Crippen molar-refractivity contribution in [1.82, 2.24) is 30.7 Å². The highest BCUT2D eigenvalue weighted by Crippen LogP contribution is 2.24. The first-order valence-corrected chi connectivity index (χ1v) is 12.6. The molecule has 0 spiro atoms. The van der Waals surface area contributed by atoms with Gasteiger partial charge in [0.1, 0.15) is 22.7 Å². The highest BCUT2D eigenvalue weighted by atomic mass is 32.2. The van der Waals surface area contributed by atoms with Crippen molar-refractivity contribution < 1.29 is 19.1 Å². The summed E-state index contributed by atoms with van der Waals surface area (Å²) in [6.07, 6.45) is 6.99. The van der Waals surface area contributed by atoms with Crippen LogP contribution >= 0.6 is 11.8 Å². The summed E-state index contributed by atoms with van der Waals surface area (Å²) < 4.78 is 15.1. The van der Waals surface area contributed by atoms with Crippen LogP contribution < -0.4 is 15.8 Å². The predicted octanol–water partition coefficient (Wildman–Crippen LogP) is 2.41. The van der Waals surface area contributed by atoms with Gasteiger partial charge in [0.25, 0.3) is 11.5 Å². The maximum Gasteiger partial charge on any atom is 0.327 e. The van der Waals surface area contributed by atoms with Gasteiger partial charge in [0.15, 0.2) is 0 Å². The quantitative estimate of drug-likeness (QED) is 0.172. The molecule has 1 atom stereocenters. The number of aromatic amines is 2. The number of carboxylic acid groups (broad SMARTS) is 1. The third-order valence-electron chi connectivity index (χ3n) is 5.88. The average molecular weight is 550 g/mol. The molecule has 0 fully saturated rings. The van der Waals surface area contributed by atoms with E-state index in [0.29, 0.717) is 27.4 Å². The van der Waals surface area contributed by atoms with E-state index in [1.54, 1.807) is 17.9 Å². The fraction of sp³-hybridized carbons (Fsp3) is 0.231. The van der Waals surface area contributed by atoms with Gasteiger partial charge in [-0.25, -0.2) is 14.2 Å². The fourth-order valence-corrected chi connectivity index (χ4v) is 4.70. The molecule has 39 heavy (non-hydrogen) atoms. The van der Waals surface area contributed by atoms with Crippen LogP contribution in [0.5, 0.6) is 0 Å². The minimum absolute atomic E-state index is 0.0354. The van der Waals surface area contributed by atoms with Crippen molar-refractivity contribution in [1.29, 1.82) is 0 Å². The molecule has 0 saturated carbocycles. The third-order valence-corrected chi connectivity index (χ3v) is 6.87. The number of thioether (sulfide) groups is 1. The summed E-state index contributed by atoms with van der Waals surface area (Å²) in [5.74, 6) is 0.0380. The van der Waals surface area contributed by atoms with Gasteiger partial charge in [-0.3, -0.25) is 9.59 Å². The van der Waals surface area contributed by atoms with Crippen LogP contribution in [0, 0.1) is 32.0 Å². The maximum absolute atomic E-state index is 15.1. The van der Waals surface area contributed by atoms with Crippen LogP contribution in [0.25, 0.3) is 10.9 Å². The zero-order chi connectivity index (χ0) is 28.1. The van der Waals surface area contributed by atoms with Gasteiger partial charge in [0.05, 0.1) is 29.2 Å². The van der Waals surface area contributed by atoms with Crippen molar-refractivity contribution in [3.05, 3.63) is 75.2 Å². The number of nitrogens with one attached hydrogen (secondary N) is 3. The summed E-state index contributed by atoms with van der Waals surface area (Å²) in [6, 6.07) is 6.24. The molecule has 1 amide bonds. The molecule has 4 aromatic rings. The molecule has 2 aromatic heterocycles. The Bertz CT molecular complexity index is 1630. The summed E-state index contributed by atoms with van der Waals surface area (Å²) in [5.41, 5.74) is 2.08. The van der Waals surface area contributed by atoms with Crippen molar-refractivity contribution in [2.45, 2.75) is 31.5 Å². The molecule has 11 nitrogen and oxygen atoms in total. The lowest BCUT2D eigenvalue weighted by molar-refractivity contribution is -0.138. The number of aliphatic carboxylic acids is 1. The number of nitrogens with zero attached hydrogens (tertiary/aromatic N) is 4. The molecular weight excluding hydrogens is 525 g/mol. The molecule has 0 aliphatic heterocycles.